The molecule has 3 aliphatic rings. The topological polar surface area (TPSA) is 80.8 Å². The third-order valence-corrected chi connectivity index (χ3v) is 7.29. The SMILES string of the molecule is Cc1ccc(C(=O)COC(=O)[C@@H](C(C)C)N2C(=O)[C@@H]3[C@H]4CC[C@@H](C4)[C@@H]3C2=O)cc1C. The zero-order chi connectivity index (χ0) is 21.7. The van der Waals surface area contributed by atoms with Crippen LogP contribution in [0.1, 0.15) is 54.6 Å². The van der Waals surface area contributed by atoms with Crippen LogP contribution >= 0.6 is 0 Å². The fourth-order valence-electron chi connectivity index (χ4n) is 5.60. The van der Waals surface area contributed by atoms with E-state index in [1.54, 1.807) is 26.0 Å². The largest absolute Gasteiger partial charge is 0.456 e. The first-order valence-corrected chi connectivity index (χ1v) is 10.8. The van der Waals surface area contributed by atoms with Crippen molar-refractivity contribution >= 4 is 23.6 Å². The molecule has 160 valence electrons. The molecule has 30 heavy (non-hydrogen) atoms. The Bertz CT molecular complexity index is 892. The number of imide groups is 1. The molecule has 2 amide bonds. The fourth-order valence-corrected chi connectivity index (χ4v) is 5.60. The Morgan fingerprint density at radius 1 is 1.03 bits per heavy atom. The van der Waals surface area contributed by atoms with Gasteiger partial charge in [0.2, 0.25) is 11.8 Å². The maximum absolute atomic E-state index is 13.1. The van der Waals surface area contributed by atoms with Gasteiger partial charge in [-0.1, -0.05) is 26.0 Å². The van der Waals surface area contributed by atoms with E-state index < -0.39 is 18.6 Å². The second kappa shape index (κ2) is 7.64. The van der Waals surface area contributed by atoms with Crippen LogP contribution in [0.4, 0.5) is 0 Å². The molecule has 4 rings (SSSR count). The number of Topliss-reactive ketones (excluding diaryl/α,β-unsaturated/α-hetero) is 1. The molecule has 1 aliphatic heterocycles. The molecule has 0 aromatic heterocycles. The number of likely N-dealkylation sites (tertiary alicyclic amines) is 1. The molecule has 3 fully saturated rings. The molecular weight excluding hydrogens is 382 g/mol. The van der Waals surface area contributed by atoms with E-state index in [1.165, 1.54) is 0 Å². The van der Waals surface area contributed by atoms with Gasteiger partial charge in [0.1, 0.15) is 6.04 Å². The molecule has 0 spiro atoms. The van der Waals surface area contributed by atoms with Crippen LogP contribution in [0.5, 0.6) is 0 Å². The van der Waals surface area contributed by atoms with Crippen molar-refractivity contribution in [3.05, 3.63) is 34.9 Å². The number of esters is 1. The van der Waals surface area contributed by atoms with Gasteiger partial charge < -0.3 is 4.74 Å². The molecule has 2 aliphatic carbocycles. The molecule has 1 aromatic rings. The van der Waals surface area contributed by atoms with Gasteiger partial charge in [-0.05, 0) is 68.1 Å². The normalized spacial score (nSPS) is 28.2. The van der Waals surface area contributed by atoms with Gasteiger partial charge in [-0.3, -0.25) is 19.3 Å². The van der Waals surface area contributed by atoms with Gasteiger partial charge in [0, 0.05) is 5.56 Å². The van der Waals surface area contributed by atoms with Crippen molar-refractivity contribution in [3.63, 3.8) is 0 Å². The molecule has 1 aromatic carbocycles. The first-order chi connectivity index (χ1) is 14.2. The number of ketones is 1. The summed E-state index contributed by atoms with van der Waals surface area (Å²) in [4.78, 5) is 52.7. The van der Waals surface area contributed by atoms with E-state index in [2.05, 4.69) is 0 Å². The zero-order valence-corrected chi connectivity index (χ0v) is 18.0. The van der Waals surface area contributed by atoms with Crippen LogP contribution in [0.3, 0.4) is 0 Å². The molecule has 2 bridgehead atoms. The number of amides is 2. The molecule has 1 saturated heterocycles. The molecule has 0 N–H and O–H groups in total. The summed E-state index contributed by atoms with van der Waals surface area (Å²) in [5.41, 5.74) is 2.54. The standard InChI is InChI=1S/C24H29NO5/c1-12(2)21(24(29)30-11-18(26)15-6-5-13(3)14(4)9-15)25-22(27)19-16-7-8-17(10-16)20(19)23(25)28/h5-6,9,12,16-17,19-21H,7-8,10-11H2,1-4H3/t16-,17-,19-,20+,21+/m0/s1. The van der Waals surface area contributed by atoms with Crippen LogP contribution in [-0.2, 0) is 19.1 Å². The smallest absolute Gasteiger partial charge is 0.330 e. The highest BCUT2D eigenvalue weighted by Crippen LogP contribution is 2.56. The average molecular weight is 411 g/mol. The fraction of sp³-hybridized carbons (Fsp3) is 0.583. The Morgan fingerprint density at radius 3 is 2.17 bits per heavy atom. The van der Waals surface area contributed by atoms with Crippen LogP contribution in [0.25, 0.3) is 0 Å². The summed E-state index contributed by atoms with van der Waals surface area (Å²) >= 11 is 0. The lowest BCUT2D eigenvalue weighted by molar-refractivity contribution is -0.160. The summed E-state index contributed by atoms with van der Waals surface area (Å²) in [6, 6.07) is 4.36. The number of aryl methyl sites for hydroxylation is 2. The lowest BCUT2D eigenvalue weighted by atomic mass is 9.81. The maximum atomic E-state index is 13.1. The molecule has 0 unspecified atom stereocenters. The van der Waals surface area contributed by atoms with Crippen molar-refractivity contribution in [1.82, 2.24) is 4.90 Å². The number of carbonyl (C=O) groups excluding carboxylic acids is 4. The van der Waals surface area contributed by atoms with Gasteiger partial charge in [0.05, 0.1) is 11.8 Å². The van der Waals surface area contributed by atoms with Gasteiger partial charge >= 0.3 is 5.97 Å². The minimum absolute atomic E-state index is 0.228. The van der Waals surface area contributed by atoms with E-state index in [0.29, 0.717) is 5.56 Å². The monoisotopic (exact) mass is 411 g/mol. The Balaban J connectivity index is 1.47. The van der Waals surface area contributed by atoms with E-state index in [0.717, 1.165) is 35.3 Å². The number of hydrogen-bond acceptors (Lipinski definition) is 5. The summed E-state index contributed by atoms with van der Waals surface area (Å²) in [6.07, 6.45) is 2.92. The Morgan fingerprint density at radius 2 is 1.63 bits per heavy atom. The summed E-state index contributed by atoms with van der Waals surface area (Å²) in [6.45, 7) is 7.06. The first kappa shape index (κ1) is 20.8. The molecule has 2 saturated carbocycles. The van der Waals surface area contributed by atoms with Gasteiger partial charge in [0.15, 0.2) is 12.4 Å². The second-order valence-electron chi connectivity index (χ2n) is 9.45. The Labute approximate surface area is 177 Å². The lowest BCUT2D eigenvalue weighted by Gasteiger charge is -2.28. The molecule has 1 heterocycles. The minimum Gasteiger partial charge on any atom is -0.456 e. The zero-order valence-electron chi connectivity index (χ0n) is 18.0. The van der Waals surface area contributed by atoms with Crippen LogP contribution in [0.15, 0.2) is 18.2 Å². The molecular formula is C24H29NO5. The lowest BCUT2D eigenvalue weighted by Crippen LogP contribution is -2.50. The predicted molar refractivity (Wildman–Crippen MR) is 109 cm³/mol. The second-order valence-corrected chi connectivity index (χ2v) is 9.45. The minimum atomic E-state index is -0.984. The van der Waals surface area contributed by atoms with Gasteiger partial charge in [-0.25, -0.2) is 4.79 Å². The van der Waals surface area contributed by atoms with Crippen molar-refractivity contribution < 1.29 is 23.9 Å². The first-order valence-electron chi connectivity index (χ1n) is 10.8. The molecule has 5 atom stereocenters. The summed E-state index contributed by atoms with van der Waals surface area (Å²) in [5.74, 6) is -1.77. The number of ether oxygens (including phenoxy) is 1. The van der Waals surface area contributed by atoms with Gasteiger partial charge in [-0.2, -0.15) is 0 Å². The van der Waals surface area contributed by atoms with Crippen molar-refractivity contribution in [2.75, 3.05) is 6.61 Å². The number of fused-ring (bicyclic) bond motifs is 5. The highest BCUT2D eigenvalue weighted by atomic mass is 16.5. The van der Waals surface area contributed by atoms with Crippen molar-refractivity contribution in [3.8, 4) is 0 Å². The van der Waals surface area contributed by atoms with E-state index in [-0.39, 0.29) is 47.2 Å². The summed E-state index contributed by atoms with van der Waals surface area (Å²) in [5, 5.41) is 0. The van der Waals surface area contributed by atoms with E-state index in [4.69, 9.17) is 4.74 Å². The summed E-state index contributed by atoms with van der Waals surface area (Å²) < 4.78 is 5.32. The predicted octanol–water partition coefficient (Wildman–Crippen LogP) is 3.09. The van der Waals surface area contributed by atoms with Crippen molar-refractivity contribution in [1.29, 1.82) is 0 Å². The highest BCUT2D eigenvalue weighted by molar-refractivity contribution is 6.09. The number of nitrogens with zero attached hydrogens (tertiary/aromatic N) is 1. The summed E-state index contributed by atoms with van der Waals surface area (Å²) in [7, 11) is 0. The van der Waals surface area contributed by atoms with Crippen LogP contribution in [0.2, 0.25) is 0 Å². The number of hydrogen-bond donors (Lipinski definition) is 0. The molecule has 0 radical (unpaired) electrons. The van der Waals surface area contributed by atoms with E-state index >= 15 is 0 Å². The highest BCUT2D eigenvalue weighted by Gasteiger charge is 2.62. The molecule has 6 heteroatoms. The third kappa shape index (κ3) is 3.26. The Kier molecular flexibility index (Phi) is 5.28. The number of carbonyl (C=O) groups is 4. The third-order valence-electron chi connectivity index (χ3n) is 7.29. The quantitative estimate of drug-likeness (QED) is 0.408. The van der Waals surface area contributed by atoms with Crippen LogP contribution < -0.4 is 0 Å². The van der Waals surface area contributed by atoms with Crippen LogP contribution in [0, 0.1) is 43.4 Å². The average Bonchev–Trinajstić information content (AvgIpc) is 3.38. The van der Waals surface area contributed by atoms with Crippen molar-refractivity contribution in [2.45, 2.75) is 53.0 Å². The number of benzene rings is 1. The van der Waals surface area contributed by atoms with Gasteiger partial charge in [0.25, 0.3) is 0 Å². The van der Waals surface area contributed by atoms with E-state index in [1.807, 2.05) is 19.9 Å². The van der Waals surface area contributed by atoms with Crippen LogP contribution in [-0.4, -0.2) is 41.1 Å². The number of rotatable bonds is 6. The van der Waals surface area contributed by atoms with Crippen molar-refractivity contribution in [2.24, 2.45) is 29.6 Å². The maximum Gasteiger partial charge on any atom is 0.330 e. The Hall–Kier alpha value is -2.50. The van der Waals surface area contributed by atoms with E-state index in [9.17, 15) is 19.2 Å². The van der Waals surface area contributed by atoms with Gasteiger partial charge in [-0.15, -0.1) is 0 Å². The molecule has 6 nitrogen and oxygen atoms in total.